The van der Waals surface area contributed by atoms with E-state index in [-0.39, 0.29) is 6.61 Å². The summed E-state index contributed by atoms with van der Waals surface area (Å²) in [7, 11) is 0. The van der Waals surface area contributed by atoms with Crippen molar-refractivity contribution in [2.45, 2.75) is 18.9 Å². The second-order valence-electron chi connectivity index (χ2n) is 4.93. The van der Waals surface area contributed by atoms with E-state index in [1.807, 2.05) is 12.1 Å². The molecule has 5 nitrogen and oxygen atoms in total. The molecular formula is C14H19N3O2. The van der Waals surface area contributed by atoms with Crippen molar-refractivity contribution >= 4 is 16.8 Å². The molecular weight excluding hydrogens is 242 g/mol. The summed E-state index contributed by atoms with van der Waals surface area (Å²) in [5, 5.41) is 13.8. The van der Waals surface area contributed by atoms with E-state index < -0.39 is 0 Å². The van der Waals surface area contributed by atoms with Crippen LogP contribution < -0.4 is 10.2 Å². The Morgan fingerprint density at radius 1 is 1.47 bits per heavy atom. The van der Waals surface area contributed by atoms with Gasteiger partial charge in [-0.05, 0) is 31.5 Å². The van der Waals surface area contributed by atoms with Gasteiger partial charge in [-0.3, -0.25) is 0 Å². The van der Waals surface area contributed by atoms with Crippen LogP contribution in [0.4, 0.5) is 5.82 Å². The minimum atomic E-state index is 0.128. The standard InChI is InChI=1S/C14H19N3O2/c18-8-7-17(10-11-2-1-5-15-11)14-12-4-9-19-13(12)3-6-16-14/h3-4,6,9,11,15,18H,1-2,5,7-8,10H2. The van der Waals surface area contributed by atoms with Gasteiger partial charge in [0.05, 0.1) is 18.3 Å². The van der Waals surface area contributed by atoms with Crippen molar-refractivity contribution in [2.24, 2.45) is 0 Å². The van der Waals surface area contributed by atoms with Gasteiger partial charge in [-0.2, -0.15) is 0 Å². The topological polar surface area (TPSA) is 61.5 Å². The second-order valence-corrected chi connectivity index (χ2v) is 4.93. The van der Waals surface area contributed by atoms with Gasteiger partial charge in [0, 0.05) is 25.3 Å². The molecule has 0 spiro atoms. The molecule has 19 heavy (non-hydrogen) atoms. The maximum Gasteiger partial charge on any atom is 0.139 e. The van der Waals surface area contributed by atoms with Gasteiger partial charge in [0.15, 0.2) is 0 Å². The summed E-state index contributed by atoms with van der Waals surface area (Å²) in [5.74, 6) is 0.897. The Hall–Kier alpha value is -1.59. The fourth-order valence-corrected chi connectivity index (χ4v) is 2.71. The molecule has 1 unspecified atom stereocenters. The highest BCUT2D eigenvalue weighted by molar-refractivity contribution is 5.88. The molecule has 102 valence electrons. The van der Waals surface area contributed by atoms with Gasteiger partial charge in [0.25, 0.3) is 0 Å². The Morgan fingerprint density at radius 3 is 3.21 bits per heavy atom. The van der Waals surface area contributed by atoms with E-state index in [2.05, 4.69) is 15.2 Å². The van der Waals surface area contributed by atoms with Crippen molar-refractivity contribution in [3.63, 3.8) is 0 Å². The number of rotatable bonds is 5. The Balaban J connectivity index is 1.87. The number of anilines is 1. The third kappa shape index (κ3) is 2.57. The van der Waals surface area contributed by atoms with Gasteiger partial charge in [-0.15, -0.1) is 0 Å². The minimum Gasteiger partial charge on any atom is -0.464 e. The summed E-state index contributed by atoms with van der Waals surface area (Å²) >= 11 is 0. The van der Waals surface area contributed by atoms with E-state index in [9.17, 15) is 5.11 Å². The number of pyridine rings is 1. The third-order valence-electron chi connectivity index (χ3n) is 3.63. The second kappa shape index (κ2) is 5.59. The lowest BCUT2D eigenvalue weighted by Crippen LogP contribution is -2.39. The first-order valence-electron chi connectivity index (χ1n) is 6.80. The fourth-order valence-electron chi connectivity index (χ4n) is 2.71. The predicted molar refractivity (Wildman–Crippen MR) is 74.3 cm³/mol. The maximum atomic E-state index is 9.28. The summed E-state index contributed by atoms with van der Waals surface area (Å²) in [5.41, 5.74) is 0.840. The lowest BCUT2D eigenvalue weighted by atomic mass is 10.2. The number of hydrogen-bond donors (Lipinski definition) is 2. The first-order chi connectivity index (χ1) is 9.38. The highest BCUT2D eigenvalue weighted by Gasteiger charge is 2.20. The first-order valence-corrected chi connectivity index (χ1v) is 6.80. The molecule has 5 heteroatoms. The Morgan fingerprint density at radius 2 is 2.42 bits per heavy atom. The summed E-state index contributed by atoms with van der Waals surface area (Å²) in [6.45, 7) is 2.68. The van der Waals surface area contributed by atoms with E-state index in [0.29, 0.717) is 12.6 Å². The molecule has 1 saturated heterocycles. The lowest BCUT2D eigenvalue weighted by Gasteiger charge is -2.26. The van der Waals surface area contributed by atoms with Crippen molar-refractivity contribution in [3.8, 4) is 0 Å². The highest BCUT2D eigenvalue weighted by atomic mass is 16.3. The summed E-state index contributed by atoms with van der Waals surface area (Å²) < 4.78 is 5.41. The van der Waals surface area contributed by atoms with E-state index in [4.69, 9.17) is 4.42 Å². The minimum absolute atomic E-state index is 0.128. The Kier molecular flexibility index (Phi) is 3.66. The molecule has 1 atom stereocenters. The van der Waals surface area contributed by atoms with Gasteiger partial charge in [-0.1, -0.05) is 0 Å². The average Bonchev–Trinajstić information content (AvgIpc) is 3.08. The van der Waals surface area contributed by atoms with Gasteiger partial charge in [0.2, 0.25) is 0 Å². The van der Waals surface area contributed by atoms with Crippen LogP contribution in [0.5, 0.6) is 0 Å². The number of nitrogens with one attached hydrogen (secondary N) is 1. The zero-order valence-electron chi connectivity index (χ0n) is 10.9. The molecule has 2 aromatic rings. The van der Waals surface area contributed by atoms with Gasteiger partial charge in [-0.25, -0.2) is 4.98 Å². The summed E-state index contributed by atoms with van der Waals surface area (Å²) in [6, 6.07) is 4.28. The van der Waals surface area contributed by atoms with Gasteiger partial charge in [0.1, 0.15) is 11.4 Å². The molecule has 0 aromatic carbocycles. The van der Waals surface area contributed by atoms with Crippen LogP contribution in [-0.2, 0) is 0 Å². The number of hydrogen-bond acceptors (Lipinski definition) is 5. The SMILES string of the molecule is OCCN(CC1CCCN1)c1nccc2occc12. The van der Waals surface area contributed by atoms with Crippen LogP contribution >= 0.6 is 0 Å². The molecule has 3 heterocycles. The number of fused-ring (bicyclic) bond motifs is 1. The molecule has 0 bridgehead atoms. The van der Waals surface area contributed by atoms with Crippen LogP contribution in [0.3, 0.4) is 0 Å². The maximum absolute atomic E-state index is 9.28. The number of aliphatic hydroxyl groups excluding tert-OH is 1. The Bertz CT molecular complexity index is 534. The molecule has 0 radical (unpaired) electrons. The van der Waals surface area contributed by atoms with Crippen LogP contribution in [0, 0.1) is 0 Å². The van der Waals surface area contributed by atoms with Crippen LogP contribution in [-0.4, -0.2) is 42.4 Å². The zero-order chi connectivity index (χ0) is 13.1. The van der Waals surface area contributed by atoms with Gasteiger partial charge >= 0.3 is 0 Å². The number of aliphatic hydroxyl groups is 1. The lowest BCUT2D eigenvalue weighted by molar-refractivity contribution is 0.300. The van der Waals surface area contributed by atoms with Crippen molar-refractivity contribution < 1.29 is 9.52 Å². The fraction of sp³-hybridized carbons (Fsp3) is 0.500. The van der Waals surface area contributed by atoms with E-state index in [1.54, 1.807) is 12.5 Å². The number of nitrogens with zero attached hydrogens (tertiary/aromatic N) is 2. The largest absolute Gasteiger partial charge is 0.464 e. The molecule has 2 aromatic heterocycles. The van der Waals surface area contributed by atoms with Crippen molar-refractivity contribution in [1.82, 2.24) is 10.3 Å². The highest BCUT2D eigenvalue weighted by Crippen LogP contribution is 2.25. The predicted octanol–water partition coefficient (Wildman–Crippen LogP) is 1.38. The smallest absolute Gasteiger partial charge is 0.139 e. The van der Waals surface area contributed by atoms with Crippen LogP contribution in [0.2, 0.25) is 0 Å². The molecule has 1 aliphatic heterocycles. The monoisotopic (exact) mass is 261 g/mol. The van der Waals surface area contributed by atoms with Crippen LogP contribution in [0.1, 0.15) is 12.8 Å². The van der Waals surface area contributed by atoms with Crippen molar-refractivity contribution in [2.75, 3.05) is 31.1 Å². The molecule has 3 rings (SSSR count). The summed E-state index contributed by atoms with van der Waals surface area (Å²) in [4.78, 5) is 6.61. The molecule has 2 N–H and O–H groups in total. The first kappa shape index (κ1) is 12.4. The molecule has 1 aliphatic rings. The van der Waals surface area contributed by atoms with Crippen LogP contribution in [0.15, 0.2) is 29.0 Å². The Labute approximate surface area is 112 Å². The number of furan rings is 1. The number of aromatic nitrogens is 1. The van der Waals surface area contributed by atoms with Crippen molar-refractivity contribution in [3.05, 3.63) is 24.6 Å². The van der Waals surface area contributed by atoms with Crippen LogP contribution in [0.25, 0.3) is 11.0 Å². The molecule has 0 amide bonds. The van der Waals surface area contributed by atoms with Gasteiger partial charge < -0.3 is 19.7 Å². The molecule has 0 aliphatic carbocycles. The third-order valence-corrected chi connectivity index (χ3v) is 3.63. The zero-order valence-corrected chi connectivity index (χ0v) is 10.9. The van der Waals surface area contributed by atoms with E-state index in [1.165, 1.54) is 12.8 Å². The van der Waals surface area contributed by atoms with E-state index >= 15 is 0 Å². The van der Waals surface area contributed by atoms with E-state index in [0.717, 1.165) is 29.9 Å². The summed E-state index contributed by atoms with van der Waals surface area (Å²) in [6.07, 6.45) is 5.85. The van der Waals surface area contributed by atoms with Crippen molar-refractivity contribution in [1.29, 1.82) is 0 Å². The normalized spacial score (nSPS) is 19.1. The molecule has 1 fully saturated rings. The average molecular weight is 261 g/mol. The molecule has 0 saturated carbocycles. The quantitative estimate of drug-likeness (QED) is 0.851.